The Morgan fingerprint density at radius 3 is 2.53 bits per heavy atom. The standard InChI is InChI=1S/C24H22N2O6/c1-3-4-5-12-29-19-10-11-20(22(26-2)18(19)13-25)32-23(27)17-8-6-16(7-9-17)14-31-24(28)21-15-30-21/h6-11,21H,3-5,12,14-15H2,1H3. The Hall–Kier alpha value is -3.88. The van der Waals surface area contributed by atoms with Crippen molar-refractivity contribution in [2.75, 3.05) is 13.2 Å². The molecule has 0 aliphatic carbocycles. The van der Waals surface area contributed by atoms with Crippen molar-refractivity contribution >= 4 is 17.6 Å². The number of carbonyl (C=O) groups is 2. The number of carbonyl (C=O) groups excluding carboxylic acids is 2. The molecule has 0 radical (unpaired) electrons. The number of hydrogen-bond acceptors (Lipinski definition) is 7. The monoisotopic (exact) mass is 434 g/mol. The lowest BCUT2D eigenvalue weighted by molar-refractivity contribution is -0.146. The van der Waals surface area contributed by atoms with Crippen molar-refractivity contribution in [2.24, 2.45) is 0 Å². The van der Waals surface area contributed by atoms with Crippen molar-refractivity contribution in [1.29, 1.82) is 5.26 Å². The Morgan fingerprint density at radius 1 is 1.19 bits per heavy atom. The van der Waals surface area contributed by atoms with E-state index >= 15 is 0 Å². The van der Waals surface area contributed by atoms with E-state index in [1.807, 2.05) is 6.07 Å². The van der Waals surface area contributed by atoms with Crippen molar-refractivity contribution in [3.8, 4) is 17.6 Å². The molecule has 32 heavy (non-hydrogen) atoms. The molecule has 8 heteroatoms. The summed E-state index contributed by atoms with van der Waals surface area (Å²) in [7, 11) is 0. The van der Waals surface area contributed by atoms with Gasteiger partial charge in [0.05, 0.1) is 31.4 Å². The Kier molecular flexibility index (Phi) is 7.80. The average Bonchev–Trinajstić information content (AvgIpc) is 3.66. The van der Waals surface area contributed by atoms with Crippen LogP contribution < -0.4 is 9.47 Å². The van der Waals surface area contributed by atoms with E-state index in [2.05, 4.69) is 11.8 Å². The third-order valence-electron chi connectivity index (χ3n) is 4.70. The normalized spacial score (nSPS) is 14.0. The summed E-state index contributed by atoms with van der Waals surface area (Å²) in [6.45, 7) is 10.4. The highest BCUT2D eigenvalue weighted by Crippen LogP contribution is 2.38. The van der Waals surface area contributed by atoms with Crippen LogP contribution in [0.15, 0.2) is 36.4 Å². The van der Waals surface area contributed by atoms with Gasteiger partial charge in [0.15, 0.2) is 6.10 Å². The lowest BCUT2D eigenvalue weighted by Gasteiger charge is -2.12. The first-order valence-corrected chi connectivity index (χ1v) is 10.2. The Morgan fingerprint density at radius 2 is 1.91 bits per heavy atom. The maximum absolute atomic E-state index is 12.5. The molecule has 1 fully saturated rings. The maximum Gasteiger partial charge on any atom is 0.342 e. The predicted octanol–water partition coefficient (Wildman–Crippen LogP) is 4.34. The molecule has 1 atom stereocenters. The topological polar surface area (TPSA) is 103 Å². The highest BCUT2D eigenvalue weighted by Gasteiger charge is 2.32. The van der Waals surface area contributed by atoms with E-state index in [1.54, 1.807) is 12.1 Å². The molecule has 2 aromatic carbocycles. The van der Waals surface area contributed by atoms with E-state index in [1.165, 1.54) is 24.3 Å². The molecule has 1 saturated heterocycles. The number of ether oxygens (including phenoxy) is 4. The number of nitriles is 1. The molecule has 0 amide bonds. The van der Waals surface area contributed by atoms with Crippen LogP contribution in [0.5, 0.6) is 11.5 Å². The average molecular weight is 434 g/mol. The molecule has 1 heterocycles. The number of unbranched alkanes of at least 4 members (excludes halogenated alkanes) is 2. The molecule has 0 aromatic heterocycles. The fraction of sp³-hybridized carbons (Fsp3) is 0.333. The van der Waals surface area contributed by atoms with Crippen LogP contribution in [-0.4, -0.2) is 31.3 Å². The molecule has 0 saturated carbocycles. The van der Waals surface area contributed by atoms with Crippen molar-refractivity contribution < 1.29 is 28.5 Å². The molecule has 0 bridgehead atoms. The first-order chi connectivity index (χ1) is 15.6. The van der Waals surface area contributed by atoms with E-state index < -0.39 is 18.0 Å². The highest BCUT2D eigenvalue weighted by molar-refractivity contribution is 5.92. The quantitative estimate of drug-likeness (QED) is 0.180. The molecule has 164 valence electrons. The number of epoxide rings is 1. The summed E-state index contributed by atoms with van der Waals surface area (Å²) in [5.41, 5.74) is 0.923. The predicted molar refractivity (Wildman–Crippen MR) is 113 cm³/mol. The van der Waals surface area contributed by atoms with Gasteiger partial charge in [-0.2, -0.15) is 5.26 Å². The van der Waals surface area contributed by atoms with Gasteiger partial charge < -0.3 is 18.9 Å². The number of rotatable bonds is 10. The summed E-state index contributed by atoms with van der Waals surface area (Å²) in [6.07, 6.45) is 2.42. The van der Waals surface area contributed by atoms with Crippen LogP contribution in [0, 0.1) is 17.9 Å². The number of hydrogen-bond donors (Lipinski definition) is 0. The SMILES string of the molecule is [C-]#[N+]c1c(OC(=O)c2ccc(COC(=O)C3CO3)cc2)ccc(OCCCCC)c1C#N. The zero-order valence-corrected chi connectivity index (χ0v) is 17.6. The Bertz CT molecular complexity index is 1060. The van der Waals surface area contributed by atoms with E-state index in [-0.39, 0.29) is 29.2 Å². The van der Waals surface area contributed by atoms with Crippen molar-refractivity contribution in [3.05, 3.63) is 64.5 Å². The van der Waals surface area contributed by atoms with Gasteiger partial charge in [0.2, 0.25) is 5.69 Å². The molecular weight excluding hydrogens is 412 g/mol. The van der Waals surface area contributed by atoms with E-state index in [9.17, 15) is 14.9 Å². The van der Waals surface area contributed by atoms with E-state index in [0.717, 1.165) is 19.3 Å². The van der Waals surface area contributed by atoms with Crippen LogP contribution in [0.3, 0.4) is 0 Å². The van der Waals surface area contributed by atoms with Crippen LogP contribution in [0.25, 0.3) is 4.85 Å². The first-order valence-electron chi connectivity index (χ1n) is 10.2. The fourth-order valence-corrected chi connectivity index (χ4v) is 2.84. The van der Waals surface area contributed by atoms with Gasteiger partial charge in [-0.15, -0.1) is 0 Å². The smallest absolute Gasteiger partial charge is 0.342 e. The van der Waals surface area contributed by atoms with Gasteiger partial charge in [-0.25, -0.2) is 14.4 Å². The second kappa shape index (κ2) is 10.9. The van der Waals surface area contributed by atoms with Crippen LogP contribution in [0.2, 0.25) is 0 Å². The van der Waals surface area contributed by atoms with Gasteiger partial charge in [0, 0.05) is 0 Å². The summed E-state index contributed by atoms with van der Waals surface area (Å²) in [5.74, 6) is -0.800. The third kappa shape index (κ3) is 5.84. The van der Waals surface area contributed by atoms with Gasteiger partial charge in [0.25, 0.3) is 0 Å². The molecule has 8 nitrogen and oxygen atoms in total. The second-order valence-corrected chi connectivity index (χ2v) is 7.08. The maximum atomic E-state index is 12.5. The van der Waals surface area contributed by atoms with Crippen LogP contribution in [0.1, 0.15) is 47.7 Å². The third-order valence-corrected chi connectivity index (χ3v) is 4.70. The van der Waals surface area contributed by atoms with E-state index in [4.69, 9.17) is 25.5 Å². The largest absolute Gasteiger partial charge is 0.494 e. The van der Waals surface area contributed by atoms with E-state index in [0.29, 0.717) is 24.5 Å². The highest BCUT2D eigenvalue weighted by atomic mass is 16.6. The molecule has 3 rings (SSSR count). The fourth-order valence-electron chi connectivity index (χ4n) is 2.84. The number of esters is 2. The van der Waals surface area contributed by atoms with Gasteiger partial charge in [-0.05, 0) is 36.2 Å². The molecular formula is C24H22N2O6. The van der Waals surface area contributed by atoms with Gasteiger partial charge in [-0.1, -0.05) is 31.9 Å². The summed E-state index contributed by atoms with van der Waals surface area (Å²) >= 11 is 0. The zero-order chi connectivity index (χ0) is 22.9. The first kappa shape index (κ1) is 22.8. The zero-order valence-electron chi connectivity index (χ0n) is 17.6. The minimum Gasteiger partial charge on any atom is -0.494 e. The minimum absolute atomic E-state index is 0.00935. The summed E-state index contributed by atoms with van der Waals surface area (Å²) in [5, 5.41) is 9.51. The lowest BCUT2D eigenvalue weighted by atomic mass is 10.1. The summed E-state index contributed by atoms with van der Waals surface area (Å²) < 4.78 is 21.0. The van der Waals surface area contributed by atoms with Gasteiger partial charge in [0.1, 0.15) is 23.7 Å². The summed E-state index contributed by atoms with van der Waals surface area (Å²) in [4.78, 5) is 27.4. The van der Waals surface area contributed by atoms with Gasteiger partial charge in [-0.3, -0.25) is 0 Å². The summed E-state index contributed by atoms with van der Waals surface area (Å²) in [6, 6.07) is 11.3. The Balaban J connectivity index is 1.66. The molecule has 1 aliphatic rings. The van der Waals surface area contributed by atoms with Crippen molar-refractivity contribution in [3.63, 3.8) is 0 Å². The molecule has 1 aliphatic heterocycles. The number of nitrogens with zero attached hydrogens (tertiary/aromatic N) is 2. The minimum atomic E-state index is -0.676. The molecule has 2 aromatic rings. The van der Waals surface area contributed by atoms with Crippen LogP contribution >= 0.6 is 0 Å². The van der Waals surface area contributed by atoms with Crippen LogP contribution in [-0.2, 0) is 20.9 Å². The van der Waals surface area contributed by atoms with Gasteiger partial charge >= 0.3 is 11.9 Å². The lowest BCUT2D eigenvalue weighted by Crippen LogP contribution is -2.12. The molecule has 0 N–H and O–H groups in total. The second-order valence-electron chi connectivity index (χ2n) is 7.08. The number of benzene rings is 2. The van der Waals surface area contributed by atoms with Crippen molar-refractivity contribution in [1.82, 2.24) is 0 Å². The Labute approximate surface area is 186 Å². The van der Waals surface area contributed by atoms with Crippen molar-refractivity contribution in [2.45, 2.75) is 38.9 Å². The molecule has 1 unspecified atom stereocenters. The molecule has 0 spiro atoms. The van der Waals surface area contributed by atoms with Crippen LogP contribution in [0.4, 0.5) is 5.69 Å².